The zero-order valence-corrected chi connectivity index (χ0v) is 18.2. The standard InChI is InChI=1S/C21H18BrFN4O2S/c22-15-7-5-14(6-8-15)20-25-26-21(30-20)24-19(29)17-2-1-11-27(17)18(28)12-13-3-9-16(23)10-4-13/h3-10,17H,1-2,11-12H2,(H,24,26,29). The first-order chi connectivity index (χ1) is 14.5. The molecule has 1 saturated heterocycles. The van der Waals surface area contributed by atoms with Crippen LogP contribution < -0.4 is 5.32 Å². The van der Waals surface area contributed by atoms with Gasteiger partial charge >= 0.3 is 0 Å². The highest BCUT2D eigenvalue weighted by Crippen LogP contribution is 2.28. The number of rotatable bonds is 5. The largest absolute Gasteiger partial charge is 0.330 e. The second-order valence-electron chi connectivity index (χ2n) is 6.96. The Morgan fingerprint density at radius 1 is 1.13 bits per heavy atom. The van der Waals surface area contributed by atoms with E-state index >= 15 is 0 Å². The molecule has 2 amide bonds. The molecule has 0 bridgehead atoms. The molecule has 3 aromatic rings. The van der Waals surface area contributed by atoms with E-state index in [0.717, 1.165) is 22.0 Å². The normalized spacial score (nSPS) is 15.9. The van der Waals surface area contributed by atoms with Crippen LogP contribution >= 0.6 is 27.3 Å². The molecule has 2 heterocycles. The summed E-state index contributed by atoms with van der Waals surface area (Å²) < 4.78 is 14.0. The fourth-order valence-electron chi connectivity index (χ4n) is 3.39. The van der Waals surface area contributed by atoms with Crippen molar-refractivity contribution in [1.82, 2.24) is 15.1 Å². The number of hydrogen-bond donors (Lipinski definition) is 1. The number of halogens is 2. The third-order valence-corrected chi connectivity index (χ3v) is 6.31. The summed E-state index contributed by atoms with van der Waals surface area (Å²) in [6.07, 6.45) is 1.49. The minimum absolute atomic E-state index is 0.135. The van der Waals surface area contributed by atoms with Crippen molar-refractivity contribution in [2.75, 3.05) is 11.9 Å². The first-order valence-electron chi connectivity index (χ1n) is 9.44. The molecule has 6 nitrogen and oxygen atoms in total. The van der Waals surface area contributed by atoms with E-state index in [4.69, 9.17) is 0 Å². The third-order valence-electron chi connectivity index (χ3n) is 4.89. The Kier molecular flexibility index (Phi) is 6.19. The molecule has 1 aliphatic rings. The highest BCUT2D eigenvalue weighted by Gasteiger charge is 2.34. The topological polar surface area (TPSA) is 75.2 Å². The molecule has 0 spiro atoms. The van der Waals surface area contributed by atoms with Crippen molar-refractivity contribution in [2.45, 2.75) is 25.3 Å². The summed E-state index contributed by atoms with van der Waals surface area (Å²) >= 11 is 4.68. The molecule has 154 valence electrons. The summed E-state index contributed by atoms with van der Waals surface area (Å²) in [6, 6.07) is 13.0. The Morgan fingerprint density at radius 3 is 2.60 bits per heavy atom. The number of anilines is 1. The molecule has 1 aromatic heterocycles. The first kappa shape index (κ1) is 20.6. The van der Waals surface area contributed by atoms with Gasteiger partial charge in [0.25, 0.3) is 0 Å². The van der Waals surface area contributed by atoms with Crippen molar-refractivity contribution < 1.29 is 14.0 Å². The van der Waals surface area contributed by atoms with Crippen LogP contribution in [-0.4, -0.2) is 39.5 Å². The Hall–Kier alpha value is -2.65. The predicted octanol–water partition coefficient (Wildman–Crippen LogP) is 4.28. The fraction of sp³-hybridized carbons (Fsp3) is 0.238. The van der Waals surface area contributed by atoms with Crippen LogP contribution in [0.1, 0.15) is 18.4 Å². The highest BCUT2D eigenvalue weighted by atomic mass is 79.9. The summed E-state index contributed by atoms with van der Waals surface area (Å²) in [7, 11) is 0. The maximum absolute atomic E-state index is 13.1. The molecular weight excluding hydrogens is 471 g/mol. The molecule has 1 aliphatic heterocycles. The van der Waals surface area contributed by atoms with Crippen LogP contribution in [0.15, 0.2) is 53.0 Å². The lowest BCUT2D eigenvalue weighted by atomic mass is 10.1. The van der Waals surface area contributed by atoms with Gasteiger partial charge in [-0.05, 0) is 42.7 Å². The van der Waals surface area contributed by atoms with Crippen molar-refractivity contribution in [2.24, 2.45) is 0 Å². The average molecular weight is 489 g/mol. The van der Waals surface area contributed by atoms with Gasteiger partial charge in [0.05, 0.1) is 6.42 Å². The van der Waals surface area contributed by atoms with Crippen LogP contribution in [-0.2, 0) is 16.0 Å². The number of carbonyl (C=O) groups is 2. The number of hydrogen-bond acceptors (Lipinski definition) is 5. The maximum atomic E-state index is 13.1. The zero-order chi connectivity index (χ0) is 21.1. The summed E-state index contributed by atoms with van der Waals surface area (Å²) in [5.74, 6) is -0.755. The second kappa shape index (κ2) is 9.01. The Balaban J connectivity index is 1.40. The Bertz CT molecular complexity index is 1060. The van der Waals surface area contributed by atoms with Gasteiger partial charge in [-0.3, -0.25) is 14.9 Å². The minimum Gasteiger partial charge on any atom is -0.330 e. The lowest BCUT2D eigenvalue weighted by Gasteiger charge is -2.23. The SMILES string of the molecule is O=C(Nc1nnc(-c2ccc(Br)cc2)s1)C1CCCN1C(=O)Cc1ccc(F)cc1. The van der Waals surface area contributed by atoms with Gasteiger partial charge in [-0.2, -0.15) is 0 Å². The number of carbonyl (C=O) groups excluding carboxylic acids is 2. The van der Waals surface area contributed by atoms with Crippen molar-refractivity contribution in [3.8, 4) is 10.6 Å². The molecule has 1 N–H and O–H groups in total. The van der Waals surface area contributed by atoms with E-state index in [1.54, 1.807) is 17.0 Å². The van der Waals surface area contributed by atoms with Gasteiger partial charge in [-0.1, -0.05) is 51.5 Å². The van der Waals surface area contributed by atoms with Gasteiger partial charge in [0.15, 0.2) is 0 Å². The van der Waals surface area contributed by atoms with E-state index in [0.29, 0.717) is 23.1 Å². The number of likely N-dealkylation sites (tertiary alicyclic amines) is 1. The van der Waals surface area contributed by atoms with E-state index in [2.05, 4.69) is 31.4 Å². The maximum Gasteiger partial charge on any atom is 0.249 e. The monoisotopic (exact) mass is 488 g/mol. The fourth-order valence-corrected chi connectivity index (χ4v) is 4.40. The summed E-state index contributed by atoms with van der Waals surface area (Å²) in [4.78, 5) is 27.1. The zero-order valence-electron chi connectivity index (χ0n) is 15.8. The molecule has 0 aliphatic carbocycles. The highest BCUT2D eigenvalue weighted by molar-refractivity contribution is 9.10. The molecule has 1 atom stereocenters. The molecule has 0 saturated carbocycles. The van der Waals surface area contributed by atoms with E-state index in [-0.39, 0.29) is 24.1 Å². The van der Waals surface area contributed by atoms with Crippen molar-refractivity contribution >= 4 is 44.2 Å². The first-order valence-corrected chi connectivity index (χ1v) is 11.0. The lowest BCUT2D eigenvalue weighted by Crippen LogP contribution is -2.43. The minimum atomic E-state index is -0.544. The average Bonchev–Trinajstić information content (AvgIpc) is 3.40. The Labute approximate surface area is 185 Å². The van der Waals surface area contributed by atoms with Crippen LogP contribution in [0.2, 0.25) is 0 Å². The van der Waals surface area contributed by atoms with E-state index in [9.17, 15) is 14.0 Å². The van der Waals surface area contributed by atoms with E-state index in [1.807, 2.05) is 24.3 Å². The lowest BCUT2D eigenvalue weighted by molar-refractivity contribution is -0.136. The number of benzene rings is 2. The van der Waals surface area contributed by atoms with Crippen LogP contribution in [0, 0.1) is 5.82 Å². The van der Waals surface area contributed by atoms with Gasteiger partial charge in [0.2, 0.25) is 16.9 Å². The molecule has 4 rings (SSSR count). The number of nitrogens with zero attached hydrogens (tertiary/aromatic N) is 3. The van der Waals surface area contributed by atoms with Gasteiger partial charge < -0.3 is 4.90 Å². The Morgan fingerprint density at radius 2 is 1.87 bits per heavy atom. The van der Waals surface area contributed by atoms with Crippen LogP contribution in [0.4, 0.5) is 9.52 Å². The quantitative estimate of drug-likeness (QED) is 0.581. The van der Waals surface area contributed by atoms with Crippen LogP contribution in [0.5, 0.6) is 0 Å². The number of aromatic nitrogens is 2. The van der Waals surface area contributed by atoms with Crippen LogP contribution in [0.25, 0.3) is 10.6 Å². The van der Waals surface area contributed by atoms with Gasteiger partial charge in [0, 0.05) is 16.6 Å². The van der Waals surface area contributed by atoms with Crippen molar-refractivity contribution in [1.29, 1.82) is 0 Å². The molecular formula is C21H18BrFN4O2S. The summed E-state index contributed by atoms with van der Waals surface area (Å²) in [5.41, 5.74) is 1.63. The van der Waals surface area contributed by atoms with Crippen LogP contribution in [0.3, 0.4) is 0 Å². The molecule has 1 unspecified atom stereocenters. The molecule has 9 heteroatoms. The number of nitrogens with one attached hydrogen (secondary N) is 1. The molecule has 2 aromatic carbocycles. The van der Waals surface area contributed by atoms with Crippen molar-refractivity contribution in [3.63, 3.8) is 0 Å². The van der Waals surface area contributed by atoms with Gasteiger partial charge in [0.1, 0.15) is 16.9 Å². The van der Waals surface area contributed by atoms with E-state index in [1.165, 1.54) is 23.5 Å². The van der Waals surface area contributed by atoms with Gasteiger partial charge in [-0.15, -0.1) is 10.2 Å². The molecule has 0 radical (unpaired) electrons. The predicted molar refractivity (Wildman–Crippen MR) is 117 cm³/mol. The van der Waals surface area contributed by atoms with Gasteiger partial charge in [-0.25, -0.2) is 4.39 Å². The summed E-state index contributed by atoms with van der Waals surface area (Å²) in [5, 5.41) is 12.1. The molecule has 1 fully saturated rings. The van der Waals surface area contributed by atoms with E-state index < -0.39 is 6.04 Å². The summed E-state index contributed by atoms with van der Waals surface area (Å²) in [6.45, 7) is 0.526. The van der Waals surface area contributed by atoms with Crippen molar-refractivity contribution in [3.05, 3.63) is 64.4 Å². The molecule has 30 heavy (non-hydrogen) atoms. The number of amides is 2. The third kappa shape index (κ3) is 4.73. The second-order valence-corrected chi connectivity index (χ2v) is 8.85. The smallest absolute Gasteiger partial charge is 0.249 e.